The van der Waals surface area contributed by atoms with Gasteiger partial charge in [0.15, 0.2) is 5.69 Å². The van der Waals surface area contributed by atoms with Crippen molar-refractivity contribution >= 4 is 18.2 Å². The molecule has 0 aliphatic rings. The second kappa shape index (κ2) is 5.31. The van der Waals surface area contributed by atoms with E-state index in [0.29, 0.717) is 16.9 Å². The Bertz CT molecular complexity index is 642. The third-order valence-electron chi connectivity index (χ3n) is 2.83. The lowest BCUT2D eigenvalue weighted by Gasteiger charge is -2.09. The van der Waals surface area contributed by atoms with Crippen molar-refractivity contribution in [2.75, 3.05) is 0 Å². The number of hydrogen-bond donors (Lipinski definition) is 3. The van der Waals surface area contributed by atoms with E-state index < -0.39 is 5.97 Å². The molecule has 8 nitrogen and oxygen atoms in total. The highest BCUT2D eigenvalue weighted by atomic mass is 32.1. The van der Waals surface area contributed by atoms with Crippen LogP contribution in [0.15, 0.2) is 0 Å². The van der Waals surface area contributed by atoms with E-state index in [0.717, 1.165) is 12.1 Å². The first-order valence-corrected chi connectivity index (χ1v) is 6.23. The number of carbonyl (C=O) groups is 1. The van der Waals surface area contributed by atoms with Gasteiger partial charge in [0.1, 0.15) is 10.3 Å². The summed E-state index contributed by atoms with van der Waals surface area (Å²) in [6.07, 6.45) is 0.751. The molecule has 0 aliphatic heterocycles. The standard InChI is InChI=1S/C10H14N6O2S/c1-3-6-9(19)16(15-11-6)4-5(2)7-8(10(17)18)13-14-12-7/h5,15H,3-4H2,1-2H3,(H,17,18)(H,12,13,14). The molecule has 0 amide bonds. The highest BCUT2D eigenvalue weighted by Gasteiger charge is 2.21. The zero-order valence-electron chi connectivity index (χ0n) is 10.5. The summed E-state index contributed by atoms with van der Waals surface area (Å²) in [5, 5.41) is 25.8. The zero-order valence-corrected chi connectivity index (χ0v) is 11.4. The van der Waals surface area contributed by atoms with Crippen LogP contribution in [0.2, 0.25) is 0 Å². The van der Waals surface area contributed by atoms with Crippen molar-refractivity contribution in [2.45, 2.75) is 32.7 Å². The van der Waals surface area contributed by atoms with Gasteiger partial charge in [0.25, 0.3) is 0 Å². The summed E-state index contributed by atoms with van der Waals surface area (Å²) in [5.74, 6) is -1.25. The highest BCUT2D eigenvalue weighted by molar-refractivity contribution is 7.71. The quantitative estimate of drug-likeness (QED) is 0.708. The molecule has 3 N–H and O–H groups in total. The molecule has 2 aromatic heterocycles. The van der Waals surface area contributed by atoms with Crippen LogP contribution in [0.1, 0.15) is 41.6 Å². The zero-order chi connectivity index (χ0) is 14.0. The van der Waals surface area contributed by atoms with E-state index in [-0.39, 0.29) is 11.6 Å². The van der Waals surface area contributed by atoms with Crippen LogP contribution < -0.4 is 0 Å². The topological polar surface area (TPSA) is 112 Å². The lowest BCUT2D eigenvalue weighted by atomic mass is 10.1. The van der Waals surface area contributed by atoms with Crippen LogP contribution >= 0.6 is 12.2 Å². The van der Waals surface area contributed by atoms with Crippen LogP contribution in [-0.4, -0.2) is 41.5 Å². The maximum atomic E-state index is 11.0. The molecule has 1 unspecified atom stereocenters. The maximum Gasteiger partial charge on any atom is 0.358 e. The Morgan fingerprint density at radius 2 is 2.21 bits per heavy atom. The van der Waals surface area contributed by atoms with Crippen LogP contribution in [-0.2, 0) is 13.0 Å². The lowest BCUT2D eigenvalue weighted by molar-refractivity contribution is 0.0688. The van der Waals surface area contributed by atoms with Gasteiger partial charge in [0, 0.05) is 5.92 Å². The van der Waals surface area contributed by atoms with E-state index in [4.69, 9.17) is 17.3 Å². The molecule has 9 heteroatoms. The molecule has 0 saturated carbocycles. The van der Waals surface area contributed by atoms with Crippen LogP contribution in [0.25, 0.3) is 0 Å². The van der Waals surface area contributed by atoms with Gasteiger partial charge in [-0.3, -0.25) is 4.68 Å². The Hall–Kier alpha value is -2.03. The number of rotatable bonds is 5. The predicted octanol–water partition coefficient (Wildman–Crippen LogP) is 1.12. The Labute approximate surface area is 113 Å². The summed E-state index contributed by atoms with van der Waals surface area (Å²) in [6.45, 7) is 4.30. The SMILES string of the molecule is CCc1n[nH]n(CC(C)c2n[nH]nc2C(=O)O)c1=S. The van der Waals surface area contributed by atoms with Crippen molar-refractivity contribution in [1.82, 2.24) is 30.4 Å². The summed E-state index contributed by atoms with van der Waals surface area (Å²) in [7, 11) is 0. The number of aryl methyl sites for hydroxylation is 1. The molecule has 102 valence electrons. The first-order valence-electron chi connectivity index (χ1n) is 5.82. The van der Waals surface area contributed by atoms with Gasteiger partial charge in [-0.05, 0) is 6.42 Å². The van der Waals surface area contributed by atoms with Crippen molar-refractivity contribution < 1.29 is 9.90 Å². The first kappa shape index (κ1) is 13.4. The summed E-state index contributed by atoms with van der Waals surface area (Å²) >= 11 is 5.27. The fourth-order valence-electron chi connectivity index (χ4n) is 1.82. The number of hydrogen-bond acceptors (Lipinski definition) is 5. The molecule has 19 heavy (non-hydrogen) atoms. The molecule has 0 fully saturated rings. The molecule has 1 atom stereocenters. The van der Waals surface area contributed by atoms with Gasteiger partial charge in [0.2, 0.25) is 0 Å². The van der Waals surface area contributed by atoms with Crippen LogP contribution in [0, 0.1) is 4.64 Å². The van der Waals surface area contributed by atoms with Gasteiger partial charge in [0.05, 0.1) is 12.2 Å². The second-order valence-corrected chi connectivity index (χ2v) is 4.58. The fraction of sp³-hybridized carbons (Fsp3) is 0.500. The molecule has 2 aromatic rings. The smallest absolute Gasteiger partial charge is 0.358 e. The lowest BCUT2D eigenvalue weighted by Crippen LogP contribution is -2.12. The Morgan fingerprint density at radius 3 is 2.79 bits per heavy atom. The summed E-state index contributed by atoms with van der Waals surface area (Å²) in [6, 6.07) is 0. The number of aromatic amines is 2. The van der Waals surface area contributed by atoms with Crippen LogP contribution in [0.4, 0.5) is 0 Å². The molecule has 0 spiro atoms. The summed E-state index contributed by atoms with van der Waals surface area (Å²) in [5.41, 5.74) is 1.16. The van der Waals surface area contributed by atoms with Gasteiger partial charge in [-0.2, -0.15) is 15.4 Å². The molecule has 0 aliphatic carbocycles. The summed E-state index contributed by atoms with van der Waals surface area (Å²) in [4.78, 5) is 11.0. The van der Waals surface area contributed by atoms with E-state index in [1.807, 2.05) is 13.8 Å². The molecule has 2 rings (SSSR count). The molecule has 0 radical (unpaired) electrons. The molecule has 0 aromatic carbocycles. The number of nitrogens with zero attached hydrogens (tertiary/aromatic N) is 4. The minimum absolute atomic E-state index is 0.0609. The minimum Gasteiger partial charge on any atom is -0.476 e. The Kier molecular flexibility index (Phi) is 3.74. The van der Waals surface area contributed by atoms with Crippen LogP contribution in [0.5, 0.6) is 0 Å². The average Bonchev–Trinajstić information content (AvgIpc) is 2.97. The van der Waals surface area contributed by atoms with Crippen molar-refractivity contribution in [3.8, 4) is 0 Å². The molecule has 0 saturated heterocycles. The number of H-pyrrole nitrogens is 2. The Balaban J connectivity index is 2.23. The highest BCUT2D eigenvalue weighted by Crippen LogP contribution is 2.17. The number of nitrogens with one attached hydrogen (secondary N) is 2. The number of aromatic nitrogens is 6. The van der Waals surface area contributed by atoms with E-state index in [2.05, 4.69) is 25.7 Å². The van der Waals surface area contributed by atoms with Gasteiger partial charge in [-0.25, -0.2) is 10.0 Å². The van der Waals surface area contributed by atoms with Crippen molar-refractivity contribution in [2.24, 2.45) is 0 Å². The maximum absolute atomic E-state index is 11.0. The third kappa shape index (κ3) is 2.55. The van der Waals surface area contributed by atoms with E-state index >= 15 is 0 Å². The Morgan fingerprint density at radius 1 is 1.47 bits per heavy atom. The molecular formula is C10H14N6O2S. The fourth-order valence-corrected chi connectivity index (χ4v) is 2.13. The number of carboxylic acids is 1. The number of carboxylic acid groups (broad SMARTS) is 1. The molecular weight excluding hydrogens is 268 g/mol. The van der Waals surface area contributed by atoms with Gasteiger partial charge < -0.3 is 5.11 Å². The second-order valence-electron chi connectivity index (χ2n) is 4.19. The van der Waals surface area contributed by atoms with Crippen molar-refractivity contribution in [3.05, 3.63) is 21.7 Å². The largest absolute Gasteiger partial charge is 0.476 e. The van der Waals surface area contributed by atoms with Gasteiger partial charge >= 0.3 is 5.97 Å². The normalized spacial score (nSPS) is 12.5. The third-order valence-corrected chi connectivity index (χ3v) is 3.29. The molecule has 2 heterocycles. The van der Waals surface area contributed by atoms with Gasteiger partial charge in [-0.15, -0.1) is 5.10 Å². The number of aromatic carboxylic acids is 1. The van der Waals surface area contributed by atoms with E-state index in [1.165, 1.54) is 0 Å². The molecule has 0 bridgehead atoms. The predicted molar refractivity (Wildman–Crippen MR) is 68.5 cm³/mol. The first-order chi connectivity index (χ1) is 9.04. The monoisotopic (exact) mass is 282 g/mol. The van der Waals surface area contributed by atoms with Gasteiger partial charge in [-0.1, -0.05) is 26.1 Å². The van der Waals surface area contributed by atoms with Crippen molar-refractivity contribution in [3.63, 3.8) is 0 Å². The van der Waals surface area contributed by atoms with E-state index in [1.54, 1.807) is 4.68 Å². The van der Waals surface area contributed by atoms with Crippen molar-refractivity contribution in [1.29, 1.82) is 0 Å². The van der Waals surface area contributed by atoms with Crippen LogP contribution in [0.3, 0.4) is 0 Å². The van der Waals surface area contributed by atoms with E-state index in [9.17, 15) is 4.79 Å². The summed E-state index contributed by atoms with van der Waals surface area (Å²) < 4.78 is 2.34. The average molecular weight is 282 g/mol. The minimum atomic E-state index is -1.10.